The zero-order valence-electron chi connectivity index (χ0n) is 19.5. The van der Waals surface area contributed by atoms with Crippen LogP contribution in [0.1, 0.15) is 25.5 Å². The van der Waals surface area contributed by atoms with Crippen LogP contribution in [0.4, 0.5) is 16.0 Å². The largest absolute Gasteiger partial charge is 0.494 e. The van der Waals surface area contributed by atoms with Gasteiger partial charge in [-0.1, -0.05) is 6.92 Å². The molecule has 0 aliphatic carbocycles. The highest BCUT2D eigenvalue weighted by atomic mass is 19.1. The Bertz CT molecular complexity index is 1090. The van der Waals surface area contributed by atoms with Crippen LogP contribution in [0.15, 0.2) is 40.4 Å². The van der Waals surface area contributed by atoms with Gasteiger partial charge >= 0.3 is 5.96 Å². The fourth-order valence-corrected chi connectivity index (χ4v) is 4.67. The number of anilines is 2. The molecule has 1 fully saturated rings. The maximum Gasteiger partial charge on any atom is 0.306 e. The molecule has 2 aliphatic rings. The molecular weight excluding hydrogens is 439 g/mol. The molecule has 12 heteroatoms. The third-order valence-corrected chi connectivity index (χ3v) is 6.46. The first-order valence-corrected chi connectivity index (χ1v) is 11.3. The zero-order valence-corrected chi connectivity index (χ0v) is 19.5. The van der Waals surface area contributed by atoms with E-state index < -0.39 is 12.1 Å². The van der Waals surface area contributed by atoms with E-state index in [1.54, 1.807) is 18.3 Å². The first kappa shape index (κ1) is 23.8. The van der Waals surface area contributed by atoms with E-state index in [1.165, 1.54) is 19.2 Å². The lowest BCUT2D eigenvalue weighted by Crippen LogP contribution is -2.69. The number of nitrogens with zero attached hydrogens (tertiary/aromatic N) is 6. The Morgan fingerprint density at radius 3 is 2.82 bits per heavy atom. The second-order valence-corrected chi connectivity index (χ2v) is 8.52. The SMILES string of the molecule is CCN1CCCC1C[N+]1(Cc2ccnc(Nc3ccc(OC)c(F)c3)n2)C(N)=NC(N)=NC1N. The van der Waals surface area contributed by atoms with Crippen LogP contribution in [-0.4, -0.2) is 70.3 Å². The molecule has 3 heterocycles. The molecule has 0 bridgehead atoms. The van der Waals surface area contributed by atoms with Crippen molar-refractivity contribution < 1.29 is 13.6 Å². The predicted octanol–water partition coefficient (Wildman–Crippen LogP) is 1.05. The van der Waals surface area contributed by atoms with Crippen molar-refractivity contribution >= 4 is 23.6 Å². The first-order valence-electron chi connectivity index (χ1n) is 11.3. The van der Waals surface area contributed by atoms with Gasteiger partial charge in [0.1, 0.15) is 18.8 Å². The van der Waals surface area contributed by atoms with E-state index in [4.69, 9.17) is 21.9 Å². The number of nitrogens with two attached hydrogens (primary N) is 3. The van der Waals surface area contributed by atoms with Gasteiger partial charge in [0.05, 0.1) is 13.2 Å². The molecule has 4 rings (SSSR count). The molecule has 2 aromatic rings. The van der Waals surface area contributed by atoms with Gasteiger partial charge in [-0.15, -0.1) is 4.99 Å². The van der Waals surface area contributed by atoms with Gasteiger partial charge < -0.3 is 21.5 Å². The number of quaternary nitrogens is 1. The molecule has 0 spiro atoms. The van der Waals surface area contributed by atoms with Crippen LogP contribution in [0.3, 0.4) is 0 Å². The summed E-state index contributed by atoms with van der Waals surface area (Å²) in [6, 6.07) is 6.64. The molecule has 0 radical (unpaired) electrons. The van der Waals surface area contributed by atoms with Crippen molar-refractivity contribution in [1.29, 1.82) is 0 Å². The van der Waals surface area contributed by atoms with Crippen LogP contribution >= 0.6 is 0 Å². The van der Waals surface area contributed by atoms with Crippen LogP contribution < -0.4 is 27.3 Å². The number of aromatic nitrogens is 2. The quantitative estimate of drug-likeness (QED) is 0.417. The van der Waals surface area contributed by atoms with Crippen LogP contribution in [-0.2, 0) is 6.54 Å². The van der Waals surface area contributed by atoms with Crippen molar-refractivity contribution in [3.63, 3.8) is 0 Å². The lowest BCUT2D eigenvalue weighted by molar-refractivity contribution is -0.884. The minimum atomic E-state index is -0.709. The summed E-state index contributed by atoms with van der Waals surface area (Å²) in [5, 5.41) is 3.03. The number of hydrogen-bond acceptors (Lipinski definition) is 10. The standard InChI is InChI=1S/C22H32FN10O/c1-3-32-10-4-5-16(32)13-33(20(25)30-19(24)31-21(33)26)12-15-8-9-27-22(29-15)28-14-6-7-18(34-2)17(23)11-14/h6-9,11,16,20H,3-5,10,12-13,25H2,1-2H3,(H,27,28,29)(H4,24,26,30,31)/q+1. The third-order valence-electron chi connectivity index (χ3n) is 6.46. The normalized spacial score (nSPS) is 25.1. The highest BCUT2D eigenvalue weighted by Gasteiger charge is 2.46. The second kappa shape index (κ2) is 9.87. The molecule has 3 unspecified atom stereocenters. The summed E-state index contributed by atoms with van der Waals surface area (Å²) in [5.41, 5.74) is 20.0. The molecule has 34 heavy (non-hydrogen) atoms. The number of nitrogens with one attached hydrogen (secondary N) is 1. The molecule has 7 N–H and O–H groups in total. The average Bonchev–Trinajstić information content (AvgIpc) is 3.25. The van der Waals surface area contributed by atoms with E-state index in [0.717, 1.165) is 25.9 Å². The van der Waals surface area contributed by atoms with Crippen molar-refractivity contribution in [1.82, 2.24) is 14.9 Å². The van der Waals surface area contributed by atoms with Crippen LogP contribution in [0.5, 0.6) is 5.75 Å². The molecule has 0 saturated carbocycles. The molecule has 1 saturated heterocycles. The molecule has 0 amide bonds. The summed E-state index contributed by atoms with van der Waals surface area (Å²) in [5.74, 6) is 0.384. The fourth-order valence-electron chi connectivity index (χ4n) is 4.67. The van der Waals surface area contributed by atoms with E-state index in [1.807, 2.05) is 0 Å². The average molecular weight is 472 g/mol. The van der Waals surface area contributed by atoms with E-state index in [-0.39, 0.29) is 16.2 Å². The number of aliphatic imine (C=N–C) groups is 2. The van der Waals surface area contributed by atoms with Gasteiger partial charge in [0.15, 0.2) is 11.6 Å². The minimum Gasteiger partial charge on any atom is -0.494 e. The van der Waals surface area contributed by atoms with Crippen molar-refractivity contribution in [2.24, 2.45) is 27.2 Å². The Balaban J connectivity index is 1.61. The van der Waals surface area contributed by atoms with E-state index >= 15 is 0 Å². The maximum atomic E-state index is 14.1. The van der Waals surface area contributed by atoms with Crippen LogP contribution in [0.2, 0.25) is 0 Å². The molecule has 2 aliphatic heterocycles. The van der Waals surface area contributed by atoms with Gasteiger partial charge in [0.25, 0.3) is 0 Å². The van der Waals surface area contributed by atoms with Crippen LogP contribution in [0, 0.1) is 5.82 Å². The lowest BCUT2D eigenvalue weighted by atomic mass is 10.1. The number of methoxy groups -OCH3 is 1. The topological polar surface area (TPSA) is 153 Å². The van der Waals surface area contributed by atoms with Gasteiger partial charge in [-0.3, -0.25) is 10.6 Å². The molecule has 1 aromatic heterocycles. The number of rotatable bonds is 8. The molecular formula is C22H32FN10O+. The van der Waals surface area contributed by atoms with Gasteiger partial charge in [0, 0.05) is 18.0 Å². The number of likely N-dealkylation sites (tertiary alicyclic amines) is 1. The number of halogens is 1. The fraction of sp³-hybridized carbons (Fsp3) is 0.455. The first-order chi connectivity index (χ1) is 16.3. The molecule has 182 valence electrons. The minimum absolute atomic E-state index is 0.0732. The Kier molecular flexibility index (Phi) is 6.91. The highest BCUT2D eigenvalue weighted by molar-refractivity contribution is 5.91. The Hall–Kier alpha value is -3.35. The van der Waals surface area contributed by atoms with Crippen molar-refractivity contribution in [2.75, 3.05) is 32.1 Å². The summed E-state index contributed by atoms with van der Waals surface area (Å²) in [7, 11) is 1.42. The van der Waals surface area contributed by atoms with Gasteiger partial charge in [-0.25, -0.2) is 18.8 Å². The number of benzene rings is 1. The molecule has 3 atom stereocenters. The smallest absolute Gasteiger partial charge is 0.306 e. The zero-order chi connectivity index (χ0) is 24.3. The number of likely N-dealkylation sites (N-methyl/N-ethyl adjacent to an activating group) is 1. The second-order valence-electron chi connectivity index (χ2n) is 8.52. The summed E-state index contributed by atoms with van der Waals surface area (Å²) in [6.07, 6.45) is 3.09. The van der Waals surface area contributed by atoms with Crippen molar-refractivity contribution in [3.05, 3.63) is 42.0 Å². The van der Waals surface area contributed by atoms with Crippen molar-refractivity contribution in [2.45, 2.75) is 38.6 Å². The summed E-state index contributed by atoms with van der Waals surface area (Å²) in [6.45, 7) is 5.13. The molecule has 11 nitrogen and oxygen atoms in total. The monoisotopic (exact) mass is 471 g/mol. The lowest BCUT2D eigenvalue weighted by Gasteiger charge is -2.43. The van der Waals surface area contributed by atoms with E-state index in [0.29, 0.717) is 42.4 Å². The Labute approximate surface area is 198 Å². The van der Waals surface area contributed by atoms with E-state index in [9.17, 15) is 4.39 Å². The maximum absolute atomic E-state index is 14.1. The number of guanidine groups is 2. The van der Waals surface area contributed by atoms with Gasteiger partial charge in [0.2, 0.25) is 18.2 Å². The Morgan fingerprint density at radius 1 is 1.29 bits per heavy atom. The Morgan fingerprint density at radius 2 is 2.12 bits per heavy atom. The number of ether oxygens (including phenoxy) is 1. The van der Waals surface area contributed by atoms with Crippen LogP contribution in [0.25, 0.3) is 0 Å². The third kappa shape index (κ3) is 4.79. The summed E-state index contributed by atoms with van der Waals surface area (Å²) >= 11 is 0. The molecule has 1 aromatic carbocycles. The van der Waals surface area contributed by atoms with E-state index in [2.05, 4.69) is 37.1 Å². The summed E-state index contributed by atoms with van der Waals surface area (Å²) < 4.78 is 19.2. The van der Waals surface area contributed by atoms with Gasteiger partial charge in [-0.05, 0) is 44.1 Å². The summed E-state index contributed by atoms with van der Waals surface area (Å²) in [4.78, 5) is 19.9. The highest BCUT2D eigenvalue weighted by Crippen LogP contribution is 2.27. The van der Waals surface area contributed by atoms with Crippen molar-refractivity contribution in [3.8, 4) is 5.75 Å². The van der Waals surface area contributed by atoms with Gasteiger partial charge in [-0.2, -0.15) is 4.99 Å². The predicted molar refractivity (Wildman–Crippen MR) is 129 cm³/mol. The number of hydrogen-bond donors (Lipinski definition) is 4.